The van der Waals surface area contributed by atoms with Crippen molar-refractivity contribution >= 4 is 15.4 Å². The molecule has 1 fully saturated rings. The molecule has 0 aliphatic heterocycles. The summed E-state index contributed by atoms with van der Waals surface area (Å²) in [5.74, 6) is 0.695. The maximum absolute atomic E-state index is 12.3. The second-order valence-electron chi connectivity index (χ2n) is 8.00. The molecule has 7 heteroatoms. The zero-order chi connectivity index (χ0) is 20.6. The normalized spacial score (nSPS) is 15.7. The molecule has 154 valence electrons. The van der Waals surface area contributed by atoms with Gasteiger partial charge in [-0.15, -0.1) is 0 Å². The van der Waals surface area contributed by atoms with Crippen molar-refractivity contribution in [2.75, 3.05) is 6.26 Å². The molecule has 0 amide bonds. The lowest BCUT2D eigenvalue weighted by atomic mass is 9.97. The molecule has 1 saturated carbocycles. The van der Waals surface area contributed by atoms with E-state index in [1.165, 1.54) is 12.7 Å². The SMILES string of the molecule is Cc1cc(-c2cc(CS(C)(=O)=O)ccc2OC2CCCCC2)n2cc[nH]c(=O)c12. The molecule has 4 rings (SSSR count). The number of hydrogen-bond donors (Lipinski definition) is 1. The van der Waals surface area contributed by atoms with Gasteiger partial charge in [-0.3, -0.25) is 4.79 Å². The van der Waals surface area contributed by atoms with E-state index in [0.717, 1.165) is 48.3 Å². The van der Waals surface area contributed by atoms with Gasteiger partial charge < -0.3 is 14.1 Å². The van der Waals surface area contributed by atoms with E-state index in [1.54, 1.807) is 6.20 Å². The summed E-state index contributed by atoms with van der Waals surface area (Å²) in [5.41, 5.74) is 3.63. The molecule has 1 aliphatic rings. The van der Waals surface area contributed by atoms with E-state index in [-0.39, 0.29) is 17.4 Å². The first kappa shape index (κ1) is 19.8. The molecule has 2 heterocycles. The van der Waals surface area contributed by atoms with Crippen LogP contribution in [-0.4, -0.2) is 30.2 Å². The molecule has 2 aromatic heterocycles. The van der Waals surface area contributed by atoms with E-state index in [9.17, 15) is 13.2 Å². The Morgan fingerprint density at radius 3 is 2.66 bits per heavy atom. The molecule has 3 aromatic rings. The lowest BCUT2D eigenvalue weighted by Crippen LogP contribution is -2.20. The van der Waals surface area contributed by atoms with Gasteiger partial charge in [0.1, 0.15) is 11.3 Å². The molecular weight excluding hydrogens is 388 g/mol. The number of benzene rings is 1. The third-order valence-corrected chi connectivity index (χ3v) is 6.33. The number of aromatic nitrogens is 2. The van der Waals surface area contributed by atoms with Crippen molar-refractivity contribution < 1.29 is 13.2 Å². The first-order valence-corrected chi connectivity index (χ1v) is 12.0. The number of nitrogens with one attached hydrogen (secondary N) is 1. The molecule has 0 atom stereocenters. The molecule has 1 aromatic carbocycles. The van der Waals surface area contributed by atoms with Crippen molar-refractivity contribution in [3.05, 3.63) is 58.1 Å². The Bertz CT molecular complexity index is 1200. The standard InChI is InChI=1S/C22H26N2O4S/c1-15-12-19(24-11-10-23-22(25)21(15)24)18-13-16(14-29(2,26)27)8-9-20(18)28-17-6-4-3-5-7-17/h8-13,17H,3-7,14H2,1-2H3,(H,23,25). The van der Waals surface area contributed by atoms with E-state index in [1.807, 2.05) is 41.8 Å². The molecule has 1 aliphatic carbocycles. The van der Waals surface area contributed by atoms with Crippen LogP contribution in [0.2, 0.25) is 0 Å². The van der Waals surface area contributed by atoms with Gasteiger partial charge in [-0.2, -0.15) is 0 Å². The zero-order valence-electron chi connectivity index (χ0n) is 16.8. The van der Waals surface area contributed by atoms with Gasteiger partial charge in [-0.25, -0.2) is 8.42 Å². The van der Waals surface area contributed by atoms with E-state index in [2.05, 4.69) is 4.98 Å². The van der Waals surface area contributed by atoms with Crippen LogP contribution in [0.25, 0.3) is 16.8 Å². The third kappa shape index (κ3) is 4.24. The maximum atomic E-state index is 12.3. The van der Waals surface area contributed by atoms with Crippen LogP contribution in [-0.2, 0) is 15.6 Å². The summed E-state index contributed by atoms with van der Waals surface area (Å²) in [4.78, 5) is 15.0. The highest BCUT2D eigenvalue weighted by molar-refractivity contribution is 7.89. The zero-order valence-corrected chi connectivity index (χ0v) is 17.6. The second kappa shape index (κ2) is 7.71. The van der Waals surface area contributed by atoms with Crippen LogP contribution in [0.4, 0.5) is 0 Å². The summed E-state index contributed by atoms with van der Waals surface area (Å²) in [6, 6.07) is 7.52. The lowest BCUT2D eigenvalue weighted by Gasteiger charge is -2.24. The summed E-state index contributed by atoms with van der Waals surface area (Å²) >= 11 is 0. The molecule has 29 heavy (non-hydrogen) atoms. The van der Waals surface area contributed by atoms with E-state index in [4.69, 9.17) is 4.74 Å². The average Bonchev–Trinajstić information content (AvgIpc) is 3.00. The second-order valence-corrected chi connectivity index (χ2v) is 10.1. The topological polar surface area (TPSA) is 80.6 Å². The van der Waals surface area contributed by atoms with Gasteiger partial charge in [0.25, 0.3) is 5.56 Å². The summed E-state index contributed by atoms with van der Waals surface area (Å²) in [5, 5.41) is 0. The largest absolute Gasteiger partial charge is 0.490 e. The van der Waals surface area contributed by atoms with Gasteiger partial charge in [0.2, 0.25) is 0 Å². The number of rotatable bonds is 5. The van der Waals surface area contributed by atoms with Crippen molar-refractivity contribution in [1.82, 2.24) is 9.38 Å². The highest BCUT2D eigenvalue weighted by Gasteiger charge is 2.20. The summed E-state index contributed by atoms with van der Waals surface area (Å²) in [7, 11) is -3.16. The van der Waals surface area contributed by atoms with Crippen LogP contribution < -0.4 is 10.3 Å². The van der Waals surface area contributed by atoms with Crippen molar-refractivity contribution in [1.29, 1.82) is 0 Å². The first-order chi connectivity index (χ1) is 13.8. The predicted molar refractivity (Wildman–Crippen MR) is 114 cm³/mol. The van der Waals surface area contributed by atoms with Crippen LogP contribution in [0, 0.1) is 6.92 Å². The number of aromatic amines is 1. The fourth-order valence-corrected chi connectivity index (χ4v) is 4.98. The van der Waals surface area contributed by atoms with Crippen LogP contribution in [0.3, 0.4) is 0 Å². The minimum atomic E-state index is -3.16. The summed E-state index contributed by atoms with van der Waals surface area (Å²) < 4.78 is 31.9. The van der Waals surface area contributed by atoms with Crippen LogP contribution in [0.1, 0.15) is 43.2 Å². The minimum Gasteiger partial charge on any atom is -0.490 e. The minimum absolute atomic E-state index is 0.0351. The van der Waals surface area contributed by atoms with Crippen LogP contribution >= 0.6 is 0 Å². The van der Waals surface area contributed by atoms with Gasteiger partial charge in [0.05, 0.1) is 17.6 Å². The predicted octanol–water partition coefficient (Wildman–Crippen LogP) is 3.86. The number of hydrogen-bond acceptors (Lipinski definition) is 4. The number of H-pyrrole nitrogens is 1. The van der Waals surface area contributed by atoms with Crippen molar-refractivity contribution in [3.63, 3.8) is 0 Å². The van der Waals surface area contributed by atoms with Crippen molar-refractivity contribution in [2.45, 2.75) is 50.9 Å². The van der Waals surface area contributed by atoms with Crippen LogP contribution in [0.5, 0.6) is 5.75 Å². The Labute approximate surface area is 170 Å². The quantitative estimate of drug-likeness (QED) is 0.687. The van der Waals surface area contributed by atoms with E-state index >= 15 is 0 Å². The molecular formula is C22H26N2O4S. The Morgan fingerprint density at radius 2 is 1.93 bits per heavy atom. The highest BCUT2D eigenvalue weighted by atomic mass is 32.2. The molecule has 0 spiro atoms. The molecule has 0 unspecified atom stereocenters. The Morgan fingerprint density at radius 1 is 1.17 bits per heavy atom. The van der Waals surface area contributed by atoms with Gasteiger partial charge >= 0.3 is 0 Å². The van der Waals surface area contributed by atoms with Gasteiger partial charge in [0.15, 0.2) is 9.84 Å². The first-order valence-electron chi connectivity index (χ1n) is 9.99. The number of aryl methyl sites for hydroxylation is 1. The molecule has 0 bridgehead atoms. The number of ether oxygens (including phenoxy) is 1. The van der Waals surface area contributed by atoms with Gasteiger partial charge in [-0.1, -0.05) is 12.5 Å². The monoisotopic (exact) mass is 414 g/mol. The Balaban J connectivity index is 1.85. The Kier molecular flexibility index (Phi) is 5.25. The summed E-state index contributed by atoms with van der Waals surface area (Å²) in [6.07, 6.45) is 10.4. The highest BCUT2D eigenvalue weighted by Crippen LogP contribution is 2.35. The summed E-state index contributed by atoms with van der Waals surface area (Å²) in [6.45, 7) is 1.90. The lowest BCUT2D eigenvalue weighted by molar-refractivity contribution is 0.155. The Hall–Kier alpha value is -2.54. The molecule has 0 radical (unpaired) electrons. The molecule has 1 N–H and O–H groups in total. The van der Waals surface area contributed by atoms with Gasteiger partial charge in [0, 0.05) is 24.2 Å². The van der Waals surface area contributed by atoms with Gasteiger partial charge in [-0.05, 0) is 61.9 Å². The average molecular weight is 415 g/mol. The van der Waals surface area contributed by atoms with E-state index < -0.39 is 9.84 Å². The fourth-order valence-electron chi connectivity index (χ4n) is 4.20. The molecule has 6 nitrogen and oxygen atoms in total. The van der Waals surface area contributed by atoms with Crippen molar-refractivity contribution in [3.8, 4) is 17.0 Å². The maximum Gasteiger partial charge on any atom is 0.272 e. The van der Waals surface area contributed by atoms with E-state index in [0.29, 0.717) is 11.1 Å². The fraction of sp³-hybridized carbons (Fsp3) is 0.409. The molecule has 0 saturated heterocycles. The number of sulfone groups is 1. The van der Waals surface area contributed by atoms with Crippen molar-refractivity contribution in [2.24, 2.45) is 0 Å². The van der Waals surface area contributed by atoms with Crippen LogP contribution in [0.15, 0.2) is 41.5 Å². The number of fused-ring (bicyclic) bond motifs is 1. The third-order valence-electron chi connectivity index (χ3n) is 5.47. The smallest absolute Gasteiger partial charge is 0.272 e. The number of nitrogens with zero attached hydrogens (tertiary/aromatic N) is 1.